The van der Waals surface area contributed by atoms with Crippen LogP contribution in [0.2, 0.25) is 0 Å². The molecule has 1 aromatic rings. The van der Waals surface area contributed by atoms with Crippen molar-refractivity contribution < 1.29 is 9.18 Å². The lowest BCUT2D eigenvalue weighted by Crippen LogP contribution is -2.30. The van der Waals surface area contributed by atoms with Gasteiger partial charge in [0.1, 0.15) is 5.82 Å². The normalized spacial score (nSPS) is 12.6. The molecule has 0 aliphatic heterocycles. The van der Waals surface area contributed by atoms with Gasteiger partial charge in [-0.1, -0.05) is 38.3 Å². The fourth-order valence-corrected chi connectivity index (χ4v) is 1.81. The molecule has 0 aliphatic rings. The molecule has 1 rings (SSSR count). The lowest BCUT2D eigenvalue weighted by molar-refractivity contribution is -0.117. The minimum atomic E-state index is -0.272. The molecule has 2 nitrogen and oxygen atoms in total. The second kappa shape index (κ2) is 8.46. The van der Waals surface area contributed by atoms with Crippen molar-refractivity contribution in [2.45, 2.75) is 45.6 Å². The average molecular weight is 263 g/mol. The quantitative estimate of drug-likeness (QED) is 0.586. The van der Waals surface area contributed by atoms with Gasteiger partial charge in [-0.3, -0.25) is 4.79 Å². The molecular formula is C16H22FNO. The van der Waals surface area contributed by atoms with Gasteiger partial charge in [0.15, 0.2) is 0 Å². The summed E-state index contributed by atoms with van der Waals surface area (Å²) in [4.78, 5) is 11.7. The molecule has 0 saturated heterocycles. The summed E-state index contributed by atoms with van der Waals surface area (Å²) in [6.07, 6.45) is 7.71. The number of carbonyl (C=O) groups is 1. The van der Waals surface area contributed by atoms with E-state index in [4.69, 9.17) is 0 Å². The Morgan fingerprint density at radius 3 is 2.63 bits per heavy atom. The highest BCUT2D eigenvalue weighted by Crippen LogP contribution is 2.05. The highest BCUT2D eigenvalue weighted by molar-refractivity contribution is 5.91. The van der Waals surface area contributed by atoms with Gasteiger partial charge in [-0.05, 0) is 37.1 Å². The minimum absolute atomic E-state index is 0.103. The van der Waals surface area contributed by atoms with Crippen LogP contribution in [0.15, 0.2) is 30.3 Å². The predicted molar refractivity (Wildman–Crippen MR) is 77.2 cm³/mol. The molecule has 0 bridgehead atoms. The van der Waals surface area contributed by atoms with Crippen molar-refractivity contribution in [2.24, 2.45) is 0 Å². The molecule has 3 heteroatoms. The summed E-state index contributed by atoms with van der Waals surface area (Å²) in [6.45, 7) is 4.17. The van der Waals surface area contributed by atoms with Crippen LogP contribution in [-0.4, -0.2) is 11.9 Å². The minimum Gasteiger partial charge on any atom is -0.350 e. The molecule has 104 valence electrons. The number of amides is 1. The molecule has 0 saturated carbocycles. The van der Waals surface area contributed by atoms with Crippen LogP contribution in [0.3, 0.4) is 0 Å². The topological polar surface area (TPSA) is 29.1 Å². The first-order chi connectivity index (χ1) is 9.11. The standard InChI is InChI=1S/C16H22FNO/c1-3-4-5-6-13(2)18-16(19)12-9-14-7-10-15(17)11-8-14/h7-13H,3-6H2,1-2H3,(H,18,19). The number of halogens is 1. The Kier molecular flexibility index (Phi) is 6.86. The van der Waals surface area contributed by atoms with Crippen molar-refractivity contribution >= 4 is 12.0 Å². The van der Waals surface area contributed by atoms with Gasteiger partial charge in [-0.25, -0.2) is 4.39 Å². The van der Waals surface area contributed by atoms with Crippen LogP contribution in [0.5, 0.6) is 0 Å². The van der Waals surface area contributed by atoms with E-state index >= 15 is 0 Å². The summed E-state index contributed by atoms with van der Waals surface area (Å²) in [5.41, 5.74) is 0.815. The first-order valence-electron chi connectivity index (χ1n) is 6.86. The second-order valence-corrected chi connectivity index (χ2v) is 4.79. The number of nitrogens with one attached hydrogen (secondary N) is 1. The van der Waals surface area contributed by atoms with E-state index in [0.29, 0.717) is 0 Å². The molecule has 19 heavy (non-hydrogen) atoms. The van der Waals surface area contributed by atoms with Gasteiger partial charge in [-0.2, -0.15) is 0 Å². The highest BCUT2D eigenvalue weighted by atomic mass is 19.1. The lowest BCUT2D eigenvalue weighted by Gasteiger charge is -2.11. The van der Waals surface area contributed by atoms with Crippen molar-refractivity contribution in [3.05, 3.63) is 41.7 Å². The highest BCUT2D eigenvalue weighted by Gasteiger charge is 2.03. The first kappa shape index (κ1) is 15.4. The van der Waals surface area contributed by atoms with Crippen LogP contribution >= 0.6 is 0 Å². The van der Waals surface area contributed by atoms with E-state index in [1.807, 2.05) is 6.92 Å². The molecule has 0 radical (unpaired) electrons. The molecule has 0 heterocycles. The van der Waals surface area contributed by atoms with Gasteiger partial charge in [-0.15, -0.1) is 0 Å². The molecule has 0 aliphatic carbocycles. The zero-order valence-corrected chi connectivity index (χ0v) is 11.7. The van der Waals surface area contributed by atoms with Crippen molar-refractivity contribution in [2.75, 3.05) is 0 Å². The van der Waals surface area contributed by atoms with Gasteiger partial charge in [0.25, 0.3) is 0 Å². The SMILES string of the molecule is CCCCCC(C)NC(=O)C=Cc1ccc(F)cc1. The Hall–Kier alpha value is -1.64. The van der Waals surface area contributed by atoms with Crippen LogP contribution in [0.1, 0.15) is 45.1 Å². The van der Waals surface area contributed by atoms with Crippen molar-refractivity contribution in [1.82, 2.24) is 5.32 Å². The Bertz CT molecular complexity index is 411. The van der Waals surface area contributed by atoms with Gasteiger partial charge in [0, 0.05) is 12.1 Å². The summed E-state index contributed by atoms with van der Waals surface area (Å²) in [5.74, 6) is -0.375. The van der Waals surface area contributed by atoms with E-state index in [-0.39, 0.29) is 17.8 Å². The largest absolute Gasteiger partial charge is 0.350 e. The number of carbonyl (C=O) groups excluding carboxylic acids is 1. The number of benzene rings is 1. The number of rotatable bonds is 7. The molecule has 1 N–H and O–H groups in total. The average Bonchev–Trinajstić information content (AvgIpc) is 2.38. The smallest absolute Gasteiger partial charge is 0.244 e. The van der Waals surface area contributed by atoms with E-state index in [1.165, 1.54) is 31.1 Å². The van der Waals surface area contributed by atoms with E-state index < -0.39 is 0 Å². The monoisotopic (exact) mass is 263 g/mol. The number of hydrogen-bond acceptors (Lipinski definition) is 1. The molecule has 1 amide bonds. The Morgan fingerprint density at radius 2 is 2.00 bits per heavy atom. The third-order valence-electron chi connectivity index (χ3n) is 2.93. The predicted octanol–water partition coefficient (Wildman–Crippen LogP) is 3.92. The van der Waals surface area contributed by atoms with E-state index in [1.54, 1.807) is 18.2 Å². The third-order valence-corrected chi connectivity index (χ3v) is 2.93. The molecule has 1 unspecified atom stereocenters. The first-order valence-corrected chi connectivity index (χ1v) is 6.86. The fourth-order valence-electron chi connectivity index (χ4n) is 1.81. The van der Waals surface area contributed by atoms with Crippen LogP contribution in [0.25, 0.3) is 6.08 Å². The van der Waals surface area contributed by atoms with Crippen LogP contribution in [0.4, 0.5) is 4.39 Å². The molecule has 0 spiro atoms. The summed E-state index contributed by atoms with van der Waals surface area (Å²) < 4.78 is 12.7. The molecule has 0 fully saturated rings. The second-order valence-electron chi connectivity index (χ2n) is 4.79. The molecule has 0 aromatic heterocycles. The summed E-state index contributed by atoms with van der Waals surface area (Å²) in [6, 6.07) is 6.24. The van der Waals surface area contributed by atoms with Gasteiger partial charge in [0.2, 0.25) is 5.91 Å². The third kappa shape index (κ3) is 6.75. The maximum Gasteiger partial charge on any atom is 0.244 e. The number of unbranched alkanes of at least 4 members (excludes halogenated alkanes) is 2. The fraction of sp³-hybridized carbons (Fsp3) is 0.438. The summed E-state index contributed by atoms with van der Waals surface area (Å²) >= 11 is 0. The van der Waals surface area contributed by atoms with Crippen molar-refractivity contribution in [3.63, 3.8) is 0 Å². The molecule has 1 aromatic carbocycles. The number of hydrogen-bond donors (Lipinski definition) is 1. The molecule has 1 atom stereocenters. The van der Waals surface area contributed by atoms with Gasteiger partial charge >= 0.3 is 0 Å². The van der Waals surface area contributed by atoms with Crippen molar-refractivity contribution in [1.29, 1.82) is 0 Å². The van der Waals surface area contributed by atoms with E-state index in [0.717, 1.165) is 18.4 Å². The summed E-state index contributed by atoms with van der Waals surface area (Å²) in [5, 5.41) is 2.92. The van der Waals surface area contributed by atoms with Crippen molar-refractivity contribution in [3.8, 4) is 0 Å². The zero-order chi connectivity index (χ0) is 14.1. The molecular weight excluding hydrogens is 241 g/mol. The lowest BCUT2D eigenvalue weighted by atomic mass is 10.1. The zero-order valence-electron chi connectivity index (χ0n) is 11.7. The van der Waals surface area contributed by atoms with Crippen LogP contribution in [0, 0.1) is 5.82 Å². The van der Waals surface area contributed by atoms with Gasteiger partial charge < -0.3 is 5.32 Å². The van der Waals surface area contributed by atoms with Crippen LogP contribution < -0.4 is 5.32 Å². The van der Waals surface area contributed by atoms with E-state index in [9.17, 15) is 9.18 Å². The Morgan fingerprint density at radius 1 is 1.32 bits per heavy atom. The van der Waals surface area contributed by atoms with E-state index in [2.05, 4.69) is 12.2 Å². The summed E-state index contributed by atoms with van der Waals surface area (Å²) in [7, 11) is 0. The Labute approximate surface area is 114 Å². The van der Waals surface area contributed by atoms with Crippen LogP contribution in [-0.2, 0) is 4.79 Å². The maximum absolute atomic E-state index is 12.7. The Balaban J connectivity index is 2.35. The maximum atomic E-state index is 12.7. The van der Waals surface area contributed by atoms with Gasteiger partial charge in [0.05, 0.1) is 0 Å².